The highest BCUT2D eigenvalue weighted by Gasteiger charge is 2.34. The number of hydrogen-bond acceptors (Lipinski definition) is 4. The summed E-state index contributed by atoms with van der Waals surface area (Å²) in [5.74, 6) is 0.266. The summed E-state index contributed by atoms with van der Waals surface area (Å²) in [7, 11) is 0. The zero-order valence-corrected chi connectivity index (χ0v) is 11.9. The SMILES string of the molecule is C[C@H](N)c1nc2cccc(C(F)(F)F)c2c(=O)n1-c1cc[nH]n1. The lowest BCUT2D eigenvalue weighted by Crippen LogP contribution is -2.29. The van der Waals surface area contributed by atoms with Crippen LogP contribution < -0.4 is 11.3 Å². The van der Waals surface area contributed by atoms with E-state index in [9.17, 15) is 18.0 Å². The van der Waals surface area contributed by atoms with Crippen molar-refractivity contribution in [1.29, 1.82) is 0 Å². The molecular weight excluding hydrogens is 311 g/mol. The van der Waals surface area contributed by atoms with Crippen LogP contribution in [0, 0.1) is 0 Å². The Morgan fingerprint density at radius 3 is 2.61 bits per heavy atom. The molecule has 3 rings (SSSR count). The lowest BCUT2D eigenvalue weighted by Gasteiger charge is -2.16. The number of aromatic amines is 1. The monoisotopic (exact) mass is 323 g/mol. The molecule has 0 aliphatic carbocycles. The maximum atomic E-state index is 13.2. The van der Waals surface area contributed by atoms with Crippen molar-refractivity contribution in [3.8, 4) is 5.82 Å². The number of halogens is 3. The van der Waals surface area contributed by atoms with Crippen molar-refractivity contribution in [2.75, 3.05) is 0 Å². The summed E-state index contributed by atoms with van der Waals surface area (Å²) in [5, 5.41) is 5.86. The molecule has 0 saturated heterocycles. The normalized spacial score (nSPS) is 13.4. The second kappa shape index (κ2) is 5.20. The molecular formula is C14H12F3N5O. The molecule has 2 aromatic heterocycles. The third-order valence-corrected chi connectivity index (χ3v) is 3.35. The van der Waals surface area contributed by atoms with Gasteiger partial charge in [-0.15, -0.1) is 0 Å². The molecule has 3 N–H and O–H groups in total. The van der Waals surface area contributed by atoms with Gasteiger partial charge in [0, 0.05) is 12.3 Å². The molecule has 0 aliphatic rings. The van der Waals surface area contributed by atoms with E-state index in [1.165, 1.54) is 24.4 Å². The molecule has 0 saturated carbocycles. The summed E-state index contributed by atoms with van der Waals surface area (Å²) in [5.41, 5.74) is 3.88. The molecule has 3 aromatic rings. The van der Waals surface area contributed by atoms with E-state index < -0.39 is 28.7 Å². The number of fused-ring (bicyclic) bond motifs is 1. The van der Waals surface area contributed by atoms with Crippen molar-refractivity contribution in [1.82, 2.24) is 19.7 Å². The van der Waals surface area contributed by atoms with Crippen molar-refractivity contribution in [2.24, 2.45) is 5.73 Å². The maximum Gasteiger partial charge on any atom is 0.417 e. The van der Waals surface area contributed by atoms with E-state index in [2.05, 4.69) is 15.2 Å². The van der Waals surface area contributed by atoms with Crippen LogP contribution in [-0.4, -0.2) is 19.7 Å². The number of hydrogen-bond donors (Lipinski definition) is 2. The first-order chi connectivity index (χ1) is 10.8. The number of nitrogens with two attached hydrogens (primary N) is 1. The zero-order valence-electron chi connectivity index (χ0n) is 11.9. The number of rotatable bonds is 2. The van der Waals surface area contributed by atoms with Crippen molar-refractivity contribution in [3.05, 3.63) is 52.2 Å². The van der Waals surface area contributed by atoms with Gasteiger partial charge in [-0.25, -0.2) is 9.55 Å². The van der Waals surface area contributed by atoms with Gasteiger partial charge in [0.15, 0.2) is 5.82 Å². The Bertz CT molecular complexity index is 913. The number of nitrogens with one attached hydrogen (secondary N) is 1. The zero-order chi connectivity index (χ0) is 16.8. The highest BCUT2D eigenvalue weighted by atomic mass is 19.4. The number of alkyl halides is 3. The highest BCUT2D eigenvalue weighted by molar-refractivity contribution is 5.82. The fraction of sp³-hybridized carbons (Fsp3) is 0.214. The van der Waals surface area contributed by atoms with Crippen LogP contribution in [0.15, 0.2) is 35.3 Å². The Morgan fingerprint density at radius 1 is 1.30 bits per heavy atom. The van der Waals surface area contributed by atoms with Gasteiger partial charge in [-0.1, -0.05) is 6.07 Å². The third-order valence-electron chi connectivity index (χ3n) is 3.35. The fourth-order valence-electron chi connectivity index (χ4n) is 2.39. The van der Waals surface area contributed by atoms with Crippen LogP contribution in [0.1, 0.15) is 24.4 Å². The van der Waals surface area contributed by atoms with Gasteiger partial charge < -0.3 is 5.73 Å². The van der Waals surface area contributed by atoms with Gasteiger partial charge in [0.1, 0.15) is 5.82 Å². The first-order valence-corrected chi connectivity index (χ1v) is 6.69. The van der Waals surface area contributed by atoms with E-state index in [1.54, 1.807) is 6.92 Å². The minimum absolute atomic E-state index is 0.0519. The average molecular weight is 323 g/mol. The molecule has 2 heterocycles. The van der Waals surface area contributed by atoms with Gasteiger partial charge >= 0.3 is 6.18 Å². The Morgan fingerprint density at radius 2 is 2.04 bits per heavy atom. The predicted octanol–water partition coefficient (Wildman–Crippen LogP) is 2.15. The Labute approximate surface area is 127 Å². The van der Waals surface area contributed by atoms with E-state index in [-0.39, 0.29) is 17.2 Å². The van der Waals surface area contributed by atoms with E-state index in [0.29, 0.717) is 0 Å². The summed E-state index contributed by atoms with van der Waals surface area (Å²) < 4.78 is 40.6. The van der Waals surface area contributed by atoms with Crippen LogP contribution >= 0.6 is 0 Å². The van der Waals surface area contributed by atoms with Crippen LogP contribution in [0.4, 0.5) is 13.2 Å². The number of benzene rings is 1. The van der Waals surface area contributed by atoms with Crippen molar-refractivity contribution >= 4 is 10.9 Å². The highest BCUT2D eigenvalue weighted by Crippen LogP contribution is 2.33. The summed E-state index contributed by atoms with van der Waals surface area (Å²) in [6, 6.07) is 4.20. The Balaban J connectivity index is 2.49. The first-order valence-electron chi connectivity index (χ1n) is 6.69. The molecule has 1 aromatic carbocycles. The minimum atomic E-state index is -4.67. The Hall–Kier alpha value is -2.68. The molecule has 0 aliphatic heterocycles. The first kappa shape index (κ1) is 15.2. The van der Waals surface area contributed by atoms with Crippen LogP contribution in [0.5, 0.6) is 0 Å². The number of aromatic nitrogens is 4. The molecule has 0 radical (unpaired) electrons. The van der Waals surface area contributed by atoms with Gasteiger partial charge in [0.25, 0.3) is 5.56 Å². The van der Waals surface area contributed by atoms with Crippen molar-refractivity contribution in [2.45, 2.75) is 19.1 Å². The van der Waals surface area contributed by atoms with Gasteiger partial charge in [-0.2, -0.15) is 18.3 Å². The summed E-state index contributed by atoms with van der Waals surface area (Å²) in [4.78, 5) is 16.9. The van der Waals surface area contributed by atoms with Gasteiger partial charge in [-0.05, 0) is 19.1 Å². The number of H-pyrrole nitrogens is 1. The molecule has 0 spiro atoms. The second-order valence-corrected chi connectivity index (χ2v) is 5.03. The smallest absolute Gasteiger partial charge is 0.322 e. The van der Waals surface area contributed by atoms with Gasteiger partial charge in [-0.3, -0.25) is 9.89 Å². The van der Waals surface area contributed by atoms with Crippen LogP contribution in [0.25, 0.3) is 16.7 Å². The molecule has 6 nitrogen and oxygen atoms in total. The molecule has 1 atom stereocenters. The average Bonchev–Trinajstić information content (AvgIpc) is 2.99. The summed E-state index contributed by atoms with van der Waals surface area (Å²) in [6.07, 6.45) is -3.22. The molecule has 120 valence electrons. The quantitative estimate of drug-likeness (QED) is 0.756. The standard InChI is InChI=1S/C14H12F3N5O/c1-7(18)12-20-9-4-2-3-8(14(15,16)17)11(9)13(23)22(12)10-5-6-19-21-10/h2-7H,18H2,1H3,(H,19,21)/t7-/m0/s1. The molecule has 0 bridgehead atoms. The summed E-state index contributed by atoms with van der Waals surface area (Å²) in [6.45, 7) is 1.59. The summed E-state index contributed by atoms with van der Waals surface area (Å²) >= 11 is 0. The third kappa shape index (κ3) is 2.48. The van der Waals surface area contributed by atoms with Crippen molar-refractivity contribution in [3.63, 3.8) is 0 Å². The molecule has 0 fully saturated rings. The topological polar surface area (TPSA) is 89.6 Å². The second-order valence-electron chi connectivity index (χ2n) is 5.03. The number of nitrogens with zero attached hydrogens (tertiary/aromatic N) is 3. The van der Waals surface area contributed by atoms with E-state index in [4.69, 9.17) is 5.73 Å². The van der Waals surface area contributed by atoms with E-state index in [0.717, 1.165) is 10.6 Å². The molecule has 0 amide bonds. The van der Waals surface area contributed by atoms with Gasteiger partial charge in [0.05, 0.1) is 22.5 Å². The molecule has 9 heteroatoms. The largest absolute Gasteiger partial charge is 0.417 e. The minimum Gasteiger partial charge on any atom is -0.322 e. The van der Waals surface area contributed by atoms with E-state index in [1.807, 2.05) is 0 Å². The van der Waals surface area contributed by atoms with Crippen LogP contribution in [-0.2, 0) is 6.18 Å². The van der Waals surface area contributed by atoms with Crippen LogP contribution in [0.3, 0.4) is 0 Å². The maximum absolute atomic E-state index is 13.2. The van der Waals surface area contributed by atoms with Gasteiger partial charge in [0.2, 0.25) is 0 Å². The lowest BCUT2D eigenvalue weighted by atomic mass is 10.1. The Kier molecular flexibility index (Phi) is 3.44. The fourth-order valence-corrected chi connectivity index (χ4v) is 2.39. The van der Waals surface area contributed by atoms with Crippen LogP contribution in [0.2, 0.25) is 0 Å². The molecule has 23 heavy (non-hydrogen) atoms. The lowest BCUT2D eigenvalue weighted by molar-refractivity contribution is -0.136. The van der Waals surface area contributed by atoms with E-state index >= 15 is 0 Å². The van der Waals surface area contributed by atoms with Crippen molar-refractivity contribution < 1.29 is 13.2 Å². The molecule has 0 unspecified atom stereocenters. The predicted molar refractivity (Wildman–Crippen MR) is 77.1 cm³/mol.